The van der Waals surface area contributed by atoms with Crippen LogP contribution in [0.3, 0.4) is 0 Å². The van der Waals surface area contributed by atoms with Crippen LogP contribution in [0.4, 0.5) is 5.82 Å². The van der Waals surface area contributed by atoms with Gasteiger partial charge in [0.15, 0.2) is 0 Å². The summed E-state index contributed by atoms with van der Waals surface area (Å²) in [5.74, 6) is 2.11. The Morgan fingerprint density at radius 3 is 2.66 bits per heavy atom. The van der Waals surface area contributed by atoms with Gasteiger partial charge in [-0.25, -0.2) is 0 Å². The van der Waals surface area contributed by atoms with E-state index in [0.29, 0.717) is 19.0 Å². The second-order valence-electron chi connectivity index (χ2n) is 8.74. The minimum atomic E-state index is -0.349. The van der Waals surface area contributed by atoms with Crippen LogP contribution in [-0.2, 0) is 4.74 Å². The van der Waals surface area contributed by atoms with Gasteiger partial charge in [0.05, 0.1) is 0 Å². The molecular weight excluding hydrogens is 555 g/mol. The summed E-state index contributed by atoms with van der Waals surface area (Å²) in [6.45, 7) is 7.57. The van der Waals surface area contributed by atoms with Crippen molar-refractivity contribution in [3.8, 4) is 17.1 Å². The van der Waals surface area contributed by atoms with Crippen LogP contribution in [-0.4, -0.2) is 51.0 Å². The second-order valence-corrected chi connectivity index (χ2v) is 10.4. The number of aromatic nitrogens is 4. The molecule has 0 amide bonds. The molecule has 2 aliphatic heterocycles. The Morgan fingerprint density at radius 2 is 1.86 bits per heavy atom. The van der Waals surface area contributed by atoms with Crippen molar-refractivity contribution in [2.24, 2.45) is 3.21 Å². The van der Waals surface area contributed by atoms with Crippen molar-refractivity contribution in [1.29, 1.82) is 0 Å². The van der Waals surface area contributed by atoms with Gasteiger partial charge in [-0.2, -0.15) is 0 Å². The van der Waals surface area contributed by atoms with E-state index >= 15 is 0 Å². The van der Waals surface area contributed by atoms with Gasteiger partial charge < -0.3 is 4.74 Å². The van der Waals surface area contributed by atoms with Crippen LogP contribution in [0.2, 0.25) is 0 Å². The number of ether oxygens (including phenoxy) is 2. The molecule has 0 saturated carbocycles. The van der Waals surface area contributed by atoms with Gasteiger partial charge in [0.25, 0.3) is 0 Å². The molecule has 5 rings (SSSR count). The number of fused-ring (bicyclic) bond motifs is 1. The molecule has 4 heterocycles. The number of benzene rings is 1. The van der Waals surface area contributed by atoms with Crippen LogP contribution >= 0.6 is 0 Å². The van der Waals surface area contributed by atoms with E-state index in [9.17, 15) is 0 Å². The standard InChI is InChI=1S/C26H28IN6O2/c1-16-13-28-25(29-14-16)20-10-22-24(23(11-20)35-21-6-8-34-9-7-21)30-15-31-26(22)32-18(3)19-5-4-17(2)33-27-12-19/h4-5,10-15,18,21H,6-9H2,1-3H3,(H,30,31,32)/q-1. The van der Waals surface area contributed by atoms with Crippen LogP contribution in [0.25, 0.3) is 22.3 Å². The minimum absolute atomic E-state index is 0.0595. The monoisotopic (exact) mass is 583 g/mol. The van der Waals surface area contributed by atoms with Gasteiger partial charge in [-0.15, -0.1) is 0 Å². The fraction of sp³-hybridized carbons (Fsp3) is 0.346. The molecule has 2 aromatic heterocycles. The molecule has 8 nitrogen and oxygen atoms in total. The Morgan fingerprint density at radius 1 is 1.06 bits per heavy atom. The number of anilines is 1. The number of aryl methyl sites for hydroxylation is 1. The number of nitrogens with one attached hydrogen (secondary N) is 1. The third-order valence-electron chi connectivity index (χ3n) is 5.93. The van der Waals surface area contributed by atoms with Crippen molar-refractivity contribution in [3.05, 3.63) is 58.2 Å². The summed E-state index contributed by atoms with van der Waals surface area (Å²) in [6.07, 6.45) is 11.2. The quantitative estimate of drug-likeness (QED) is 0.442. The zero-order valence-corrected chi connectivity index (χ0v) is 22.2. The van der Waals surface area contributed by atoms with E-state index in [2.05, 4.69) is 51.6 Å². The number of hydrogen-bond donors (Lipinski definition) is 1. The van der Waals surface area contributed by atoms with E-state index in [4.69, 9.17) is 9.47 Å². The summed E-state index contributed by atoms with van der Waals surface area (Å²) < 4.78 is 18.8. The first-order valence-electron chi connectivity index (χ1n) is 11.7. The first kappa shape index (κ1) is 23.8. The Balaban J connectivity index is 1.54. The van der Waals surface area contributed by atoms with Crippen LogP contribution in [0.5, 0.6) is 5.75 Å². The summed E-state index contributed by atoms with van der Waals surface area (Å²) in [7, 11) is 0. The van der Waals surface area contributed by atoms with Gasteiger partial charge in [-0.3, -0.25) is 0 Å². The molecule has 1 unspecified atom stereocenters. The van der Waals surface area contributed by atoms with Crippen molar-refractivity contribution in [1.82, 2.24) is 19.9 Å². The fourth-order valence-electron chi connectivity index (χ4n) is 3.95. The van der Waals surface area contributed by atoms with Crippen molar-refractivity contribution in [3.63, 3.8) is 0 Å². The molecule has 9 heteroatoms. The Labute approximate surface area is 215 Å². The number of halogens is 1. The fourth-order valence-corrected chi connectivity index (χ4v) is 5.76. The molecule has 3 aromatic rings. The van der Waals surface area contributed by atoms with E-state index in [1.807, 2.05) is 38.4 Å². The Kier molecular flexibility index (Phi) is 7.33. The third-order valence-corrected chi connectivity index (χ3v) is 7.97. The first-order valence-corrected chi connectivity index (χ1v) is 13.9. The third kappa shape index (κ3) is 5.67. The summed E-state index contributed by atoms with van der Waals surface area (Å²) >= 11 is -0.349. The summed E-state index contributed by atoms with van der Waals surface area (Å²) in [5.41, 5.74) is 4.94. The van der Waals surface area contributed by atoms with E-state index in [1.165, 1.54) is 5.57 Å². The van der Waals surface area contributed by atoms with Crippen molar-refractivity contribution in [2.75, 3.05) is 18.5 Å². The van der Waals surface area contributed by atoms with Crippen LogP contribution in [0, 0.1) is 6.92 Å². The Hall–Kier alpha value is -2.92. The summed E-state index contributed by atoms with van der Waals surface area (Å²) in [6, 6.07) is 4.09. The number of hydrogen-bond acceptors (Lipinski definition) is 8. The number of nitrogens with zero attached hydrogens (tertiary/aromatic N) is 5. The molecule has 0 radical (unpaired) electrons. The molecule has 2 aliphatic rings. The Bertz CT molecular complexity index is 1300. The average Bonchev–Trinajstić information content (AvgIpc) is 3.10. The first-order chi connectivity index (χ1) is 17.1. The predicted molar refractivity (Wildman–Crippen MR) is 133 cm³/mol. The average molecular weight is 583 g/mol. The molecule has 1 atom stereocenters. The van der Waals surface area contributed by atoms with Crippen LogP contribution < -0.4 is 31.5 Å². The molecule has 0 spiro atoms. The summed E-state index contributed by atoms with van der Waals surface area (Å²) in [4.78, 5) is 18.3. The molecule has 1 saturated heterocycles. The van der Waals surface area contributed by atoms with Gasteiger partial charge in [-0.1, -0.05) is 0 Å². The van der Waals surface area contributed by atoms with Gasteiger partial charge in [0.2, 0.25) is 0 Å². The van der Waals surface area contributed by atoms with Crippen molar-refractivity contribution >= 4 is 22.4 Å². The molecule has 0 bridgehead atoms. The number of allylic oxidation sites excluding steroid dienone is 1. The molecule has 1 aromatic carbocycles. The second kappa shape index (κ2) is 10.8. The van der Waals surface area contributed by atoms with E-state index in [0.717, 1.165) is 52.2 Å². The topological polar surface area (TPSA) is 94.4 Å². The van der Waals surface area contributed by atoms with Crippen LogP contribution in [0.15, 0.2) is 55.9 Å². The molecule has 0 aliphatic carbocycles. The van der Waals surface area contributed by atoms with Gasteiger partial charge in [0, 0.05) is 0 Å². The molecule has 1 N–H and O–H groups in total. The SMILES string of the molecule is CC1=N[I-]C=C(C(C)Nc2ncnc3c(OC4CCOCC4)cc(-c4ncc(C)cn4)cc23)C=C1. The van der Waals surface area contributed by atoms with E-state index in [-0.39, 0.29) is 33.6 Å². The summed E-state index contributed by atoms with van der Waals surface area (Å²) in [5, 5.41) is 4.47. The maximum atomic E-state index is 6.47. The number of rotatable bonds is 6. The zero-order chi connectivity index (χ0) is 24.2. The van der Waals surface area contributed by atoms with Gasteiger partial charge >= 0.3 is 205 Å². The van der Waals surface area contributed by atoms with Gasteiger partial charge in [0.1, 0.15) is 0 Å². The molecular formula is C26H28IN6O2-. The molecule has 35 heavy (non-hydrogen) atoms. The molecule has 1 fully saturated rings. The maximum absolute atomic E-state index is 6.47. The van der Waals surface area contributed by atoms with Gasteiger partial charge in [-0.05, 0) is 6.92 Å². The zero-order valence-electron chi connectivity index (χ0n) is 20.0. The van der Waals surface area contributed by atoms with Crippen molar-refractivity contribution in [2.45, 2.75) is 45.8 Å². The van der Waals surface area contributed by atoms with E-state index in [1.54, 1.807) is 6.33 Å². The van der Waals surface area contributed by atoms with E-state index < -0.39 is 0 Å². The normalized spacial score (nSPS) is 17.7. The van der Waals surface area contributed by atoms with Crippen molar-refractivity contribution < 1.29 is 31.0 Å². The van der Waals surface area contributed by atoms with Crippen LogP contribution in [0.1, 0.15) is 32.3 Å². The predicted octanol–water partition coefficient (Wildman–Crippen LogP) is 1.67. The molecule has 182 valence electrons.